The van der Waals surface area contributed by atoms with Crippen molar-refractivity contribution in [3.63, 3.8) is 0 Å². The van der Waals surface area contributed by atoms with Gasteiger partial charge in [0.05, 0.1) is 0 Å². The van der Waals surface area contributed by atoms with Gasteiger partial charge in [-0.3, -0.25) is 0 Å². The van der Waals surface area contributed by atoms with Crippen LogP contribution in [0.5, 0.6) is 0 Å². The van der Waals surface area contributed by atoms with Crippen LogP contribution in [0.2, 0.25) is 0 Å². The zero-order valence-corrected chi connectivity index (χ0v) is 8.29. The lowest BCUT2D eigenvalue weighted by Crippen LogP contribution is -2.26. The van der Waals surface area contributed by atoms with E-state index < -0.39 is 0 Å². The predicted octanol–water partition coefficient (Wildman–Crippen LogP) is 2.74. The summed E-state index contributed by atoms with van der Waals surface area (Å²) in [5.41, 5.74) is 1.53. The first-order valence-corrected chi connectivity index (χ1v) is 5.56. The number of thiophene rings is 1. The zero-order chi connectivity index (χ0) is 8.39. The molecular weight excluding hydrogens is 166 g/mol. The molecule has 0 radical (unpaired) electrons. The summed E-state index contributed by atoms with van der Waals surface area (Å²) in [6.07, 6.45) is 2.63. The minimum absolute atomic E-state index is 0.791. The van der Waals surface area contributed by atoms with Crippen LogP contribution < -0.4 is 5.32 Å². The molecule has 12 heavy (non-hydrogen) atoms. The number of hydrogen-bond acceptors (Lipinski definition) is 2. The molecule has 1 aliphatic heterocycles. The molecule has 0 aliphatic carbocycles. The van der Waals surface area contributed by atoms with Crippen molar-refractivity contribution in [1.29, 1.82) is 0 Å². The largest absolute Gasteiger partial charge is 0.312 e. The van der Waals surface area contributed by atoms with Gasteiger partial charge < -0.3 is 5.32 Å². The van der Waals surface area contributed by atoms with Crippen molar-refractivity contribution in [2.45, 2.75) is 32.2 Å². The lowest BCUT2D eigenvalue weighted by Gasteiger charge is -2.22. The topological polar surface area (TPSA) is 12.0 Å². The summed E-state index contributed by atoms with van der Waals surface area (Å²) < 4.78 is 0. The molecule has 1 aromatic heterocycles. The summed E-state index contributed by atoms with van der Waals surface area (Å²) in [6, 6.07) is 2.26. The molecule has 0 bridgehead atoms. The second kappa shape index (κ2) is 3.58. The second-order valence-corrected chi connectivity index (χ2v) is 4.37. The van der Waals surface area contributed by atoms with E-state index in [0.29, 0.717) is 0 Å². The van der Waals surface area contributed by atoms with Crippen molar-refractivity contribution < 1.29 is 0 Å². The van der Waals surface area contributed by atoms with Crippen LogP contribution in [-0.2, 0) is 6.54 Å². The Morgan fingerprint density at radius 2 is 2.58 bits per heavy atom. The highest BCUT2D eigenvalue weighted by atomic mass is 32.1. The van der Waals surface area contributed by atoms with Crippen LogP contribution in [0.25, 0.3) is 0 Å². The summed E-state index contributed by atoms with van der Waals surface area (Å²) in [5, 5.41) is 5.69. The van der Waals surface area contributed by atoms with Gasteiger partial charge in [0.25, 0.3) is 0 Å². The van der Waals surface area contributed by atoms with Gasteiger partial charge in [-0.05, 0) is 23.4 Å². The fraction of sp³-hybridized carbons (Fsp3) is 0.600. The molecule has 0 aromatic carbocycles. The smallest absolute Gasteiger partial charge is 0.0216 e. The van der Waals surface area contributed by atoms with Gasteiger partial charge in [0.15, 0.2) is 0 Å². The third kappa shape index (κ3) is 1.41. The Balaban J connectivity index is 2.19. The average Bonchev–Trinajstić information content (AvgIpc) is 2.53. The molecule has 0 saturated carbocycles. The molecule has 0 saturated heterocycles. The van der Waals surface area contributed by atoms with Crippen LogP contribution in [0, 0.1) is 0 Å². The third-order valence-electron chi connectivity index (χ3n) is 2.49. The van der Waals surface area contributed by atoms with Crippen molar-refractivity contribution >= 4 is 11.3 Å². The summed E-state index contributed by atoms with van der Waals surface area (Å²) in [6.45, 7) is 4.53. The van der Waals surface area contributed by atoms with Gasteiger partial charge in [0.2, 0.25) is 0 Å². The molecule has 1 aliphatic rings. The maximum absolute atomic E-state index is 3.47. The summed E-state index contributed by atoms with van der Waals surface area (Å²) in [5.74, 6) is 0.791. The van der Waals surface area contributed by atoms with Gasteiger partial charge in [0.1, 0.15) is 0 Å². The lowest BCUT2D eigenvalue weighted by atomic mass is 9.96. The highest BCUT2D eigenvalue weighted by Gasteiger charge is 2.19. The van der Waals surface area contributed by atoms with Crippen LogP contribution in [0.3, 0.4) is 0 Å². The molecule has 0 amide bonds. The average molecular weight is 181 g/mol. The number of rotatable bonds is 2. The Bertz CT molecular complexity index is 254. The van der Waals surface area contributed by atoms with Crippen LogP contribution in [0.15, 0.2) is 11.4 Å². The van der Waals surface area contributed by atoms with Gasteiger partial charge in [-0.1, -0.05) is 13.3 Å². The van der Waals surface area contributed by atoms with E-state index in [1.54, 1.807) is 4.88 Å². The molecule has 0 spiro atoms. The van der Waals surface area contributed by atoms with Crippen LogP contribution >= 0.6 is 11.3 Å². The molecule has 0 fully saturated rings. The van der Waals surface area contributed by atoms with Crippen LogP contribution in [0.1, 0.15) is 36.1 Å². The second-order valence-electron chi connectivity index (χ2n) is 3.43. The highest BCUT2D eigenvalue weighted by molar-refractivity contribution is 7.10. The monoisotopic (exact) mass is 181 g/mol. The van der Waals surface area contributed by atoms with E-state index in [1.165, 1.54) is 24.9 Å². The van der Waals surface area contributed by atoms with E-state index >= 15 is 0 Å². The van der Waals surface area contributed by atoms with Crippen molar-refractivity contribution in [2.75, 3.05) is 6.54 Å². The fourth-order valence-electron chi connectivity index (χ4n) is 1.91. The first kappa shape index (κ1) is 8.27. The Hall–Kier alpha value is -0.340. The Kier molecular flexibility index (Phi) is 2.47. The zero-order valence-electron chi connectivity index (χ0n) is 7.47. The highest BCUT2D eigenvalue weighted by Crippen LogP contribution is 2.31. The molecule has 2 heteroatoms. The number of nitrogens with one attached hydrogen (secondary N) is 1. The van der Waals surface area contributed by atoms with Gasteiger partial charge in [-0.15, -0.1) is 11.3 Å². The summed E-state index contributed by atoms with van der Waals surface area (Å²) >= 11 is 1.93. The fourth-order valence-corrected chi connectivity index (χ4v) is 2.97. The maximum atomic E-state index is 3.47. The first-order chi connectivity index (χ1) is 5.92. The minimum atomic E-state index is 0.791. The molecule has 66 valence electrons. The van der Waals surface area contributed by atoms with Crippen LogP contribution in [0.4, 0.5) is 0 Å². The SMILES string of the molecule is CCCC1CNCc2ccsc21. The summed E-state index contributed by atoms with van der Waals surface area (Å²) in [7, 11) is 0. The minimum Gasteiger partial charge on any atom is -0.312 e. The van der Waals surface area contributed by atoms with E-state index in [0.717, 1.165) is 12.5 Å². The molecule has 2 heterocycles. The molecular formula is C10H15NS. The van der Waals surface area contributed by atoms with Crippen molar-refractivity contribution in [1.82, 2.24) is 5.32 Å². The Labute approximate surface area is 77.8 Å². The quantitative estimate of drug-likeness (QED) is 0.739. The third-order valence-corrected chi connectivity index (χ3v) is 3.62. The number of fused-ring (bicyclic) bond motifs is 1. The first-order valence-electron chi connectivity index (χ1n) is 4.68. The van der Waals surface area contributed by atoms with Gasteiger partial charge in [-0.2, -0.15) is 0 Å². The lowest BCUT2D eigenvalue weighted by molar-refractivity contribution is 0.518. The van der Waals surface area contributed by atoms with E-state index in [9.17, 15) is 0 Å². The van der Waals surface area contributed by atoms with Crippen molar-refractivity contribution in [3.8, 4) is 0 Å². The van der Waals surface area contributed by atoms with E-state index in [2.05, 4.69) is 23.7 Å². The Morgan fingerprint density at radius 3 is 3.42 bits per heavy atom. The number of hydrogen-bond donors (Lipinski definition) is 1. The predicted molar refractivity (Wildman–Crippen MR) is 53.7 cm³/mol. The van der Waals surface area contributed by atoms with Gasteiger partial charge in [0, 0.05) is 23.9 Å². The molecule has 1 atom stereocenters. The molecule has 1 unspecified atom stereocenters. The molecule has 1 aromatic rings. The standard InChI is InChI=1S/C10H15NS/c1-2-3-8-6-11-7-9-4-5-12-10(8)9/h4-5,8,11H,2-3,6-7H2,1H3. The van der Waals surface area contributed by atoms with Crippen molar-refractivity contribution in [2.24, 2.45) is 0 Å². The van der Waals surface area contributed by atoms with Gasteiger partial charge in [-0.25, -0.2) is 0 Å². The summed E-state index contributed by atoms with van der Waals surface area (Å²) in [4.78, 5) is 1.63. The van der Waals surface area contributed by atoms with E-state index in [1.807, 2.05) is 11.3 Å². The van der Waals surface area contributed by atoms with Crippen LogP contribution in [-0.4, -0.2) is 6.54 Å². The molecule has 1 nitrogen and oxygen atoms in total. The van der Waals surface area contributed by atoms with E-state index in [4.69, 9.17) is 0 Å². The maximum Gasteiger partial charge on any atom is 0.0216 e. The van der Waals surface area contributed by atoms with E-state index in [-0.39, 0.29) is 0 Å². The molecule has 2 rings (SSSR count). The van der Waals surface area contributed by atoms with Crippen molar-refractivity contribution in [3.05, 3.63) is 21.9 Å². The normalized spacial score (nSPS) is 22.2. The Morgan fingerprint density at radius 1 is 1.67 bits per heavy atom. The molecule has 1 N–H and O–H groups in total. The van der Waals surface area contributed by atoms with Gasteiger partial charge >= 0.3 is 0 Å².